The summed E-state index contributed by atoms with van der Waals surface area (Å²) in [4.78, 5) is 15.1. The van der Waals surface area contributed by atoms with Gasteiger partial charge in [0.25, 0.3) is 0 Å². The number of esters is 1. The van der Waals surface area contributed by atoms with Crippen LogP contribution in [0.25, 0.3) is 0 Å². The topological polar surface area (TPSA) is 50.8 Å². The average Bonchev–Trinajstić information content (AvgIpc) is 3.14. The van der Waals surface area contributed by atoms with Gasteiger partial charge in [0.1, 0.15) is 11.5 Å². The first-order chi connectivity index (χ1) is 16.5. The van der Waals surface area contributed by atoms with E-state index in [1.165, 1.54) is 0 Å². The van der Waals surface area contributed by atoms with E-state index in [0.717, 1.165) is 39.3 Å². The van der Waals surface area contributed by atoms with Gasteiger partial charge < -0.3 is 19.7 Å². The molecule has 2 aliphatic heterocycles. The van der Waals surface area contributed by atoms with Gasteiger partial charge in [-0.3, -0.25) is 0 Å². The summed E-state index contributed by atoms with van der Waals surface area (Å²) >= 11 is 0. The van der Waals surface area contributed by atoms with Crippen LogP contribution in [-0.4, -0.2) is 20.1 Å². The van der Waals surface area contributed by atoms with E-state index in [1.807, 2.05) is 80.8 Å². The SMILES string of the molecule is Cc1ccc(N(C)C)cc1Nc1ccc2c(c1)C1(OC(=O)c3ccccc31)c1ccccc1O2. The molecule has 0 amide bonds. The number of carbonyl (C=O) groups is 1. The van der Waals surface area contributed by atoms with Crippen LogP contribution in [0.1, 0.15) is 32.6 Å². The summed E-state index contributed by atoms with van der Waals surface area (Å²) < 4.78 is 12.5. The van der Waals surface area contributed by atoms with E-state index < -0.39 is 5.60 Å². The second-order valence-corrected chi connectivity index (χ2v) is 8.94. The van der Waals surface area contributed by atoms with Crippen LogP contribution in [0.3, 0.4) is 0 Å². The first kappa shape index (κ1) is 20.4. The number of carbonyl (C=O) groups excluding carboxylic acids is 1. The van der Waals surface area contributed by atoms with Gasteiger partial charge in [0, 0.05) is 47.8 Å². The van der Waals surface area contributed by atoms with E-state index in [0.29, 0.717) is 17.1 Å². The van der Waals surface area contributed by atoms with Gasteiger partial charge in [-0.25, -0.2) is 4.79 Å². The smallest absolute Gasteiger partial charge is 0.340 e. The molecule has 1 N–H and O–H groups in total. The maximum Gasteiger partial charge on any atom is 0.340 e. The Kier molecular flexibility index (Phi) is 4.42. The minimum Gasteiger partial charge on any atom is -0.456 e. The van der Waals surface area contributed by atoms with Crippen LogP contribution in [-0.2, 0) is 10.3 Å². The molecule has 0 aliphatic carbocycles. The monoisotopic (exact) mass is 448 g/mol. The number of hydrogen-bond acceptors (Lipinski definition) is 5. The van der Waals surface area contributed by atoms with Crippen molar-refractivity contribution >= 4 is 23.0 Å². The molecule has 168 valence electrons. The van der Waals surface area contributed by atoms with Crippen LogP contribution in [0.2, 0.25) is 0 Å². The molecule has 2 aliphatic rings. The lowest BCUT2D eigenvalue weighted by atomic mass is 9.77. The normalized spacial score (nSPS) is 17.3. The van der Waals surface area contributed by atoms with Gasteiger partial charge in [0.2, 0.25) is 0 Å². The quantitative estimate of drug-likeness (QED) is 0.369. The van der Waals surface area contributed by atoms with Crippen LogP contribution >= 0.6 is 0 Å². The minimum atomic E-state index is -1.06. The van der Waals surface area contributed by atoms with Gasteiger partial charge in [0.15, 0.2) is 5.60 Å². The van der Waals surface area contributed by atoms with Gasteiger partial charge in [0.05, 0.1) is 5.56 Å². The summed E-state index contributed by atoms with van der Waals surface area (Å²) in [6, 6.07) is 27.6. The van der Waals surface area contributed by atoms with Crippen LogP contribution < -0.4 is 15.0 Å². The molecule has 6 rings (SSSR count). The van der Waals surface area contributed by atoms with Crippen LogP contribution in [0, 0.1) is 6.92 Å². The van der Waals surface area contributed by atoms with Crippen molar-refractivity contribution in [3.05, 3.63) is 113 Å². The molecular formula is C29H24N2O3. The molecule has 0 saturated carbocycles. The number of anilines is 3. The Balaban J connectivity index is 1.53. The highest BCUT2D eigenvalue weighted by atomic mass is 16.6. The van der Waals surface area contributed by atoms with Gasteiger partial charge in [-0.05, 0) is 55.0 Å². The van der Waals surface area contributed by atoms with E-state index in [1.54, 1.807) is 0 Å². The molecule has 1 atom stereocenters. The number of nitrogens with zero attached hydrogens (tertiary/aromatic N) is 1. The largest absolute Gasteiger partial charge is 0.456 e. The van der Waals surface area contributed by atoms with Crippen molar-refractivity contribution in [2.75, 3.05) is 24.3 Å². The van der Waals surface area contributed by atoms with Gasteiger partial charge in [-0.2, -0.15) is 0 Å². The van der Waals surface area contributed by atoms with Crippen LogP contribution in [0.15, 0.2) is 84.9 Å². The van der Waals surface area contributed by atoms with Crippen molar-refractivity contribution < 1.29 is 14.3 Å². The molecule has 0 saturated heterocycles. The lowest BCUT2D eigenvalue weighted by Gasteiger charge is -2.36. The number of fused-ring (bicyclic) bond motifs is 6. The maximum absolute atomic E-state index is 13.0. The highest BCUT2D eigenvalue weighted by molar-refractivity contribution is 5.97. The number of nitrogens with one attached hydrogen (secondary N) is 1. The fourth-order valence-corrected chi connectivity index (χ4v) is 4.88. The summed E-state index contributed by atoms with van der Waals surface area (Å²) in [5, 5.41) is 3.56. The third kappa shape index (κ3) is 2.90. The highest BCUT2D eigenvalue weighted by Gasteiger charge is 2.53. The number of aryl methyl sites for hydroxylation is 1. The Morgan fingerprint density at radius 1 is 0.794 bits per heavy atom. The van der Waals surface area contributed by atoms with Crippen molar-refractivity contribution in [1.82, 2.24) is 0 Å². The second kappa shape index (κ2) is 7.39. The third-order valence-electron chi connectivity index (χ3n) is 6.63. The van der Waals surface area contributed by atoms with E-state index in [4.69, 9.17) is 9.47 Å². The van der Waals surface area contributed by atoms with Crippen molar-refractivity contribution in [2.24, 2.45) is 0 Å². The standard InChI is InChI=1S/C29H24N2O3/c1-18-12-14-20(31(2)3)17-25(18)30-19-13-15-27-24(16-19)29(23-10-6-7-11-26(23)33-27)22-9-5-4-8-21(22)28(32)34-29/h4-17,30H,1-3H3. The van der Waals surface area contributed by atoms with Crippen molar-refractivity contribution in [3.63, 3.8) is 0 Å². The summed E-state index contributed by atoms with van der Waals surface area (Å²) in [5.74, 6) is 1.04. The summed E-state index contributed by atoms with van der Waals surface area (Å²) in [6.07, 6.45) is 0. The van der Waals surface area contributed by atoms with E-state index in [-0.39, 0.29) is 5.97 Å². The number of rotatable bonds is 3. The molecule has 5 heteroatoms. The molecule has 34 heavy (non-hydrogen) atoms. The number of para-hydroxylation sites is 1. The molecule has 0 radical (unpaired) electrons. The predicted octanol–water partition coefficient (Wildman–Crippen LogP) is 6.37. The predicted molar refractivity (Wildman–Crippen MR) is 133 cm³/mol. The average molecular weight is 449 g/mol. The summed E-state index contributed by atoms with van der Waals surface area (Å²) in [7, 11) is 4.05. The van der Waals surface area contributed by atoms with Crippen molar-refractivity contribution in [3.8, 4) is 11.5 Å². The third-order valence-corrected chi connectivity index (χ3v) is 6.63. The zero-order chi connectivity index (χ0) is 23.4. The lowest BCUT2D eigenvalue weighted by Crippen LogP contribution is -2.33. The second-order valence-electron chi connectivity index (χ2n) is 8.94. The fourth-order valence-electron chi connectivity index (χ4n) is 4.88. The molecule has 1 unspecified atom stereocenters. The molecule has 4 aromatic rings. The highest BCUT2D eigenvalue weighted by Crippen LogP contribution is 2.56. The Bertz CT molecular complexity index is 1460. The Morgan fingerprint density at radius 2 is 1.53 bits per heavy atom. The summed E-state index contributed by atoms with van der Waals surface area (Å²) in [5.41, 5.74) is 6.13. The van der Waals surface area contributed by atoms with E-state index in [2.05, 4.69) is 35.3 Å². The van der Waals surface area contributed by atoms with Gasteiger partial charge in [-0.15, -0.1) is 0 Å². The first-order valence-corrected chi connectivity index (χ1v) is 11.3. The van der Waals surface area contributed by atoms with Crippen molar-refractivity contribution in [2.45, 2.75) is 12.5 Å². The summed E-state index contributed by atoms with van der Waals surface area (Å²) in [6.45, 7) is 2.08. The van der Waals surface area contributed by atoms with E-state index in [9.17, 15) is 4.79 Å². The Labute approximate surface area is 198 Å². The first-order valence-electron chi connectivity index (χ1n) is 11.3. The molecule has 5 nitrogen and oxygen atoms in total. The van der Waals surface area contributed by atoms with E-state index >= 15 is 0 Å². The van der Waals surface area contributed by atoms with Crippen LogP contribution in [0.5, 0.6) is 11.5 Å². The lowest BCUT2D eigenvalue weighted by molar-refractivity contribution is 0.0224. The molecule has 0 aromatic heterocycles. The van der Waals surface area contributed by atoms with Crippen LogP contribution in [0.4, 0.5) is 17.1 Å². The molecule has 0 fully saturated rings. The van der Waals surface area contributed by atoms with Crippen molar-refractivity contribution in [1.29, 1.82) is 0 Å². The maximum atomic E-state index is 13.0. The number of ether oxygens (including phenoxy) is 2. The molecule has 2 heterocycles. The fraction of sp³-hybridized carbons (Fsp3) is 0.138. The minimum absolute atomic E-state index is 0.328. The number of hydrogen-bond donors (Lipinski definition) is 1. The molecular weight excluding hydrogens is 424 g/mol. The van der Waals surface area contributed by atoms with Gasteiger partial charge in [-0.1, -0.05) is 42.5 Å². The number of benzene rings is 4. The van der Waals surface area contributed by atoms with Gasteiger partial charge >= 0.3 is 5.97 Å². The molecule has 1 spiro atoms. The molecule has 4 aromatic carbocycles. The zero-order valence-corrected chi connectivity index (χ0v) is 19.3. The zero-order valence-electron chi connectivity index (χ0n) is 19.3. The molecule has 0 bridgehead atoms. The Hall–Kier alpha value is -4.25. The Morgan fingerprint density at radius 3 is 2.35 bits per heavy atom.